The van der Waals surface area contributed by atoms with Crippen molar-refractivity contribution in [3.05, 3.63) is 138 Å². The molecule has 8 heteroatoms. The SMILES string of the molecule is C=C(/N=C(\c1ccccc1N)N(C)c1ccc(OC)cc1)NCc1ccc(-c2cc(/C(C)=C/C=C\C)ccc2N)cc1.CC.NC=O. The van der Waals surface area contributed by atoms with E-state index in [9.17, 15) is 0 Å². The Hall–Kier alpha value is -5.76. The van der Waals surface area contributed by atoms with E-state index >= 15 is 0 Å². The van der Waals surface area contributed by atoms with Crippen molar-refractivity contribution in [2.45, 2.75) is 34.2 Å². The van der Waals surface area contributed by atoms with E-state index < -0.39 is 0 Å². The molecule has 0 bridgehead atoms. The van der Waals surface area contributed by atoms with E-state index in [0.717, 1.165) is 44.9 Å². The monoisotopic (exact) mass is 632 g/mol. The zero-order chi connectivity index (χ0) is 34.8. The molecule has 0 unspecified atom stereocenters. The van der Waals surface area contributed by atoms with Gasteiger partial charge in [-0.3, -0.25) is 4.79 Å². The molecule has 1 amide bonds. The van der Waals surface area contributed by atoms with Crippen LogP contribution in [-0.2, 0) is 11.3 Å². The topological polar surface area (TPSA) is 132 Å². The van der Waals surface area contributed by atoms with Crippen molar-refractivity contribution in [2.24, 2.45) is 10.7 Å². The Morgan fingerprint density at radius 3 is 2.19 bits per heavy atom. The number of methoxy groups -OCH3 is 1. The molecule has 4 rings (SSSR count). The number of nitrogen functional groups attached to an aromatic ring is 2. The second-order valence-electron chi connectivity index (χ2n) is 10.1. The number of primary amides is 1. The molecule has 0 heterocycles. The number of aliphatic imine (C=N–C) groups is 1. The van der Waals surface area contributed by atoms with Gasteiger partial charge in [-0.05, 0) is 84.6 Å². The molecule has 0 radical (unpaired) electrons. The van der Waals surface area contributed by atoms with Crippen molar-refractivity contribution in [1.29, 1.82) is 0 Å². The van der Waals surface area contributed by atoms with Crippen LogP contribution in [-0.4, -0.2) is 26.4 Å². The first-order chi connectivity index (χ1) is 22.7. The van der Waals surface area contributed by atoms with Crippen molar-refractivity contribution in [3.63, 3.8) is 0 Å². The molecule has 7 N–H and O–H groups in total. The number of nitrogens with two attached hydrogens (primary N) is 3. The molecule has 47 heavy (non-hydrogen) atoms. The minimum atomic E-state index is 0.250. The first-order valence-electron chi connectivity index (χ1n) is 15.4. The molecule has 0 atom stereocenters. The van der Waals surface area contributed by atoms with Gasteiger partial charge in [0.1, 0.15) is 17.4 Å². The number of carbonyl (C=O) groups excluding carboxylic acids is 1. The van der Waals surface area contributed by atoms with Crippen LogP contribution in [0.25, 0.3) is 16.7 Å². The summed E-state index contributed by atoms with van der Waals surface area (Å²) in [6.45, 7) is 12.9. The molecule has 0 aliphatic carbocycles. The van der Waals surface area contributed by atoms with Gasteiger partial charge in [0.2, 0.25) is 6.41 Å². The number of hydrogen-bond donors (Lipinski definition) is 4. The lowest BCUT2D eigenvalue weighted by Gasteiger charge is -2.23. The van der Waals surface area contributed by atoms with Gasteiger partial charge in [0.25, 0.3) is 0 Å². The molecule has 0 saturated heterocycles. The van der Waals surface area contributed by atoms with Crippen LogP contribution in [0.2, 0.25) is 0 Å². The number of amides is 1. The Bertz CT molecular complexity index is 1670. The van der Waals surface area contributed by atoms with Gasteiger partial charge in [0.15, 0.2) is 0 Å². The second kappa shape index (κ2) is 19.6. The average Bonchev–Trinajstić information content (AvgIpc) is 3.10. The zero-order valence-corrected chi connectivity index (χ0v) is 28.3. The maximum atomic E-state index is 8.58. The normalized spacial score (nSPS) is 11.0. The van der Waals surface area contributed by atoms with Gasteiger partial charge < -0.3 is 32.2 Å². The quantitative estimate of drug-likeness (QED) is 0.0464. The van der Waals surface area contributed by atoms with E-state index in [-0.39, 0.29) is 6.41 Å². The van der Waals surface area contributed by atoms with Gasteiger partial charge in [0, 0.05) is 41.8 Å². The van der Waals surface area contributed by atoms with Gasteiger partial charge >= 0.3 is 0 Å². The number of amidine groups is 1. The number of carbonyl (C=O) groups is 1. The van der Waals surface area contributed by atoms with Crippen LogP contribution in [0.3, 0.4) is 0 Å². The first-order valence-corrected chi connectivity index (χ1v) is 15.4. The minimum Gasteiger partial charge on any atom is -0.497 e. The largest absolute Gasteiger partial charge is 0.497 e. The number of hydrogen-bond acceptors (Lipinski definition) is 6. The molecule has 0 aromatic heterocycles. The van der Waals surface area contributed by atoms with Crippen molar-refractivity contribution in [2.75, 3.05) is 30.5 Å². The maximum Gasteiger partial charge on any atom is 0.204 e. The van der Waals surface area contributed by atoms with Crippen LogP contribution in [0.4, 0.5) is 17.1 Å². The highest BCUT2D eigenvalue weighted by atomic mass is 16.5. The lowest BCUT2D eigenvalue weighted by molar-refractivity contribution is -0.106. The molecular formula is C39H48N6O2. The fourth-order valence-corrected chi connectivity index (χ4v) is 4.51. The maximum absolute atomic E-state index is 8.58. The Morgan fingerprint density at radius 2 is 1.60 bits per heavy atom. The van der Waals surface area contributed by atoms with E-state index in [1.165, 1.54) is 5.57 Å². The summed E-state index contributed by atoms with van der Waals surface area (Å²) in [6, 6.07) is 30.0. The molecule has 0 saturated carbocycles. The number of anilines is 3. The summed E-state index contributed by atoms with van der Waals surface area (Å²) in [7, 11) is 3.61. The van der Waals surface area contributed by atoms with Crippen LogP contribution < -0.4 is 32.2 Å². The summed E-state index contributed by atoms with van der Waals surface area (Å²) in [5.74, 6) is 1.99. The predicted octanol–water partition coefficient (Wildman–Crippen LogP) is 7.78. The molecular weight excluding hydrogens is 584 g/mol. The standard InChI is InChI=1S/C36H39N5O.C2H6.CH3NO/c1-6-7-10-25(2)29-17-22-35(38)33(23-29)28-15-13-27(14-16-28)24-39-26(3)40-36(32-11-8-9-12-34(32)37)41(4)30-18-20-31(42-5)21-19-30;1-2;2-1-3/h6-23,39H,3,24,37-38H2,1-2,4-5H3;1-2H3;1H,(H2,2,3)/b7-6-,25-10+,40-36+;;. The van der Waals surface area contributed by atoms with Crippen LogP contribution in [0.15, 0.2) is 127 Å². The summed E-state index contributed by atoms with van der Waals surface area (Å²) < 4.78 is 5.31. The first kappa shape index (κ1) is 37.4. The Labute approximate surface area is 280 Å². The summed E-state index contributed by atoms with van der Waals surface area (Å²) in [4.78, 5) is 15.4. The van der Waals surface area contributed by atoms with Gasteiger partial charge in [-0.2, -0.15) is 0 Å². The van der Waals surface area contributed by atoms with Crippen LogP contribution in [0, 0.1) is 0 Å². The van der Waals surface area contributed by atoms with E-state index in [1.807, 2.05) is 99.5 Å². The predicted molar refractivity (Wildman–Crippen MR) is 201 cm³/mol. The third-order valence-corrected chi connectivity index (χ3v) is 7.03. The molecule has 0 fully saturated rings. The fourth-order valence-electron chi connectivity index (χ4n) is 4.51. The third-order valence-electron chi connectivity index (χ3n) is 7.03. The molecule has 8 nitrogen and oxygen atoms in total. The number of benzene rings is 4. The smallest absolute Gasteiger partial charge is 0.204 e. The van der Waals surface area contributed by atoms with Gasteiger partial charge in [-0.1, -0.05) is 81.1 Å². The van der Waals surface area contributed by atoms with Crippen molar-refractivity contribution in [1.82, 2.24) is 5.32 Å². The molecule has 4 aromatic carbocycles. The molecule has 0 aliphatic rings. The zero-order valence-electron chi connectivity index (χ0n) is 28.3. The van der Waals surface area contributed by atoms with Crippen LogP contribution >= 0.6 is 0 Å². The highest BCUT2D eigenvalue weighted by Crippen LogP contribution is 2.30. The highest BCUT2D eigenvalue weighted by molar-refractivity contribution is 6.13. The molecule has 4 aromatic rings. The summed E-state index contributed by atoms with van der Waals surface area (Å²) in [6.07, 6.45) is 6.41. The fraction of sp³-hybridized carbons (Fsp3) is 0.179. The van der Waals surface area contributed by atoms with Crippen molar-refractivity contribution >= 4 is 34.9 Å². The third kappa shape index (κ3) is 11.0. The number of rotatable bonds is 10. The summed E-state index contributed by atoms with van der Waals surface area (Å²) in [5, 5.41) is 3.35. The van der Waals surface area contributed by atoms with E-state index in [2.05, 4.69) is 67.0 Å². The van der Waals surface area contributed by atoms with E-state index in [4.69, 9.17) is 26.0 Å². The number of nitrogens with zero attached hydrogens (tertiary/aromatic N) is 2. The summed E-state index contributed by atoms with van der Waals surface area (Å²) in [5.41, 5.74) is 25.5. The lowest BCUT2D eigenvalue weighted by atomic mass is 9.97. The van der Waals surface area contributed by atoms with Crippen LogP contribution in [0.1, 0.15) is 44.4 Å². The minimum absolute atomic E-state index is 0.250. The van der Waals surface area contributed by atoms with Gasteiger partial charge in [-0.15, -0.1) is 0 Å². The molecule has 0 spiro atoms. The molecule has 0 aliphatic heterocycles. The average molecular weight is 633 g/mol. The van der Waals surface area contributed by atoms with Crippen molar-refractivity contribution in [3.8, 4) is 16.9 Å². The lowest BCUT2D eigenvalue weighted by Crippen LogP contribution is -2.29. The Kier molecular flexibility index (Phi) is 15.6. The number of nitrogens with one attached hydrogen (secondary N) is 1. The summed E-state index contributed by atoms with van der Waals surface area (Å²) >= 11 is 0. The van der Waals surface area contributed by atoms with Gasteiger partial charge in [0.05, 0.1) is 7.11 Å². The van der Waals surface area contributed by atoms with Gasteiger partial charge in [-0.25, -0.2) is 4.99 Å². The highest BCUT2D eigenvalue weighted by Gasteiger charge is 2.15. The number of allylic oxidation sites excluding steroid dienone is 4. The van der Waals surface area contributed by atoms with E-state index in [1.54, 1.807) is 7.11 Å². The second-order valence-corrected chi connectivity index (χ2v) is 10.1. The Morgan fingerprint density at radius 1 is 0.957 bits per heavy atom. The van der Waals surface area contributed by atoms with E-state index in [0.29, 0.717) is 23.9 Å². The van der Waals surface area contributed by atoms with Crippen LogP contribution in [0.5, 0.6) is 5.75 Å². The number of para-hydroxylation sites is 1. The Balaban J connectivity index is 0.00000145. The number of ether oxygens (including phenoxy) is 1. The molecule has 246 valence electrons. The van der Waals surface area contributed by atoms with Crippen molar-refractivity contribution < 1.29 is 9.53 Å².